The van der Waals surface area contributed by atoms with Crippen molar-refractivity contribution in [1.29, 1.82) is 0 Å². The van der Waals surface area contributed by atoms with E-state index in [4.69, 9.17) is 10.6 Å². The van der Waals surface area contributed by atoms with Crippen LogP contribution >= 0.6 is 0 Å². The van der Waals surface area contributed by atoms with Crippen molar-refractivity contribution >= 4 is 11.9 Å². The van der Waals surface area contributed by atoms with Crippen molar-refractivity contribution in [3.05, 3.63) is 0 Å². The fraction of sp³-hybridized carbons (Fsp3) is 0.727. The number of ether oxygens (including phenoxy) is 1. The van der Waals surface area contributed by atoms with Crippen molar-refractivity contribution in [3.63, 3.8) is 0 Å². The number of rotatable bonds is 5. The lowest BCUT2D eigenvalue weighted by atomic mass is 10.1. The molecule has 7 heteroatoms. The van der Waals surface area contributed by atoms with Crippen LogP contribution in [0.5, 0.6) is 6.01 Å². The molecular weight excluding hydrogens is 232 g/mol. The molecule has 0 saturated heterocycles. The normalized spacial score (nSPS) is 22.8. The zero-order chi connectivity index (χ0) is 13.0. The van der Waals surface area contributed by atoms with Gasteiger partial charge in [0.25, 0.3) is 0 Å². The van der Waals surface area contributed by atoms with E-state index in [1.54, 1.807) is 0 Å². The average molecular weight is 252 g/mol. The van der Waals surface area contributed by atoms with Crippen LogP contribution in [0.25, 0.3) is 0 Å². The van der Waals surface area contributed by atoms with Gasteiger partial charge in [0.05, 0.1) is 6.61 Å². The maximum absolute atomic E-state index is 5.33. The van der Waals surface area contributed by atoms with E-state index in [2.05, 4.69) is 32.6 Å². The summed E-state index contributed by atoms with van der Waals surface area (Å²) in [4.78, 5) is 12.4. The maximum Gasteiger partial charge on any atom is 0.323 e. The molecular formula is C11H20N6O. The van der Waals surface area contributed by atoms with Gasteiger partial charge in [0.1, 0.15) is 0 Å². The summed E-state index contributed by atoms with van der Waals surface area (Å²) in [7, 11) is 0. The molecule has 4 N–H and O–H groups in total. The van der Waals surface area contributed by atoms with Crippen LogP contribution < -0.4 is 21.3 Å². The van der Waals surface area contributed by atoms with Gasteiger partial charge in [-0.15, -0.1) is 0 Å². The summed E-state index contributed by atoms with van der Waals surface area (Å²) in [6, 6.07) is 0.705. The Hall–Kier alpha value is -1.63. The summed E-state index contributed by atoms with van der Waals surface area (Å²) >= 11 is 0. The molecule has 2 atom stereocenters. The Morgan fingerprint density at radius 3 is 2.67 bits per heavy atom. The molecule has 1 saturated carbocycles. The van der Waals surface area contributed by atoms with Gasteiger partial charge in [-0.05, 0) is 32.1 Å². The van der Waals surface area contributed by atoms with Crippen molar-refractivity contribution in [2.75, 3.05) is 17.3 Å². The van der Waals surface area contributed by atoms with E-state index < -0.39 is 0 Å². The monoisotopic (exact) mass is 252 g/mol. The van der Waals surface area contributed by atoms with Gasteiger partial charge in [0.2, 0.25) is 11.9 Å². The molecule has 7 nitrogen and oxygen atoms in total. The second-order valence-corrected chi connectivity index (χ2v) is 4.60. The highest BCUT2D eigenvalue weighted by Crippen LogP contribution is 2.27. The molecule has 0 aliphatic heterocycles. The van der Waals surface area contributed by atoms with Crippen LogP contribution in [0.1, 0.15) is 33.1 Å². The lowest BCUT2D eigenvalue weighted by molar-refractivity contribution is 0.312. The fourth-order valence-electron chi connectivity index (χ4n) is 2.20. The van der Waals surface area contributed by atoms with E-state index in [1.807, 2.05) is 6.92 Å². The van der Waals surface area contributed by atoms with Crippen LogP contribution in [0.2, 0.25) is 0 Å². The molecule has 2 unspecified atom stereocenters. The van der Waals surface area contributed by atoms with Crippen LogP contribution in [-0.4, -0.2) is 27.6 Å². The molecule has 0 radical (unpaired) electrons. The Bertz CT molecular complexity index is 399. The molecule has 18 heavy (non-hydrogen) atoms. The predicted octanol–water partition coefficient (Wildman–Crippen LogP) is 1.16. The van der Waals surface area contributed by atoms with Gasteiger partial charge in [-0.3, -0.25) is 5.43 Å². The zero-order valence-electron chi connectivity index (χ0n) is 10.8. The highest BCUT2D eigenvalue weighted by atomic mass is 16.5. The quantitative estimate of drug-likeness (QED) is 0.534. The Kier molecular flexibility index (Phi) is 4.14. The first kappa shape index (κ1) is 12.8. The second-order valence-electron chi connectivity index (χ2n) is 4.60. The second kappa shape index (κ2) is 5.81. The van der Waals surface area contributed by atoms with Crippen molar-refractivity contribution in [2.45, 2.75) is 39.2 Å². The van der Waals surface area contributed by atoms with E-state index in [0.717, 1.165) is 18.8 Å². The maximum atomic E-state index is 5.33. The van der Waals surface area contributed by atoms with E-state index in [1.165, 1.54) is 6.42 Å². The number of nitrogens with one attached hydrogen (secondary N) is 2. The lowest BCUT2D eigenvalue weighted by Crippen LogP contribution is -2.20. The summed E-state index contributed by atoms with van der Waals surface area (Å²) in [5.74, 6) is 6.90. The molecule has 1 fully saturated rings. The van der Waals surface area contributed by atoms with Gasteiger partial charge < -0.3 is 10.1 Å². The van der Waals surface area contributed by atoms with Gasteiger partial charge in [-0.25, -0.2) is 5.84 Å². The summed E-state index contributed by atoms with van der Waals surface area (Å²) in [6.07, 6.45) is 3.52. The summed E-state index contributed by atoms with van der Waals surface area (Å²) < 4.78 is 5.28. The molecule has 0 bridgehead atoms. The Morgan fingerprint density at radius 1 is 1.28 bits per heavy atom. The lowest BCUT2D eigenvalue weighted by Gasteiger charge is -2.13. The molecule has 1 aliphatic carbocycles. The molecule has 1 aromatic heterocycles. The van der Waals surface area contributed by atoms with E-state index in [9.17, 15) is 0 Å². The minimum atomic E-state index is 0.286. The number of nitrogens with two attached hydrogens (primary N) is 1. The van der Waals surface area contributed by atoms with Gasteiger partial charge in [0, 0.05) is 6.04 Å². The number of hydrazine groups is 1. The minimum absolute atomic E-state index is 0.286. The molecule has 2 rings (SSSR count). The van der Waals surface area contributed by atoms with Crippen LogP contribution in [0, 0.1) is 5.92 Å². The first-order chi connectivity index (χ1) is 8.71. The van der Waals surface area contributed by atoms with Crippen molar-refractivity contribution < 1.29 is 4.74 Å². The van der Waals surface area contributed by atoms with Crippen LogP contribution in [0.4, 0.5) is 11.9 Å². The van der Waals surface area contributed by atoms with Crippen LogP contribution in [0.3, 0.4) is 0 Å². The zero-order valence-corrected chi connectivity index (χ0v) is 10.8. The van der Waals surface area contributed by atoms with E-state index in [-0.39, 0.29) is 6.01 Å². The average Bonchev–Trinajstić information content (AvgIpc) is 2.75. The van der Waals surface area contributed by atoms with Gasteiger partial charge in [-0.2, -0.15) is 15.0 Å². The fourth-order valence-corrected chi connectivity index (χ4v) is 2.20. The highest BCUT2D eigenvalue weighted by Gasteiger charge is 2.22. The van der Waals surface area contributed by atoms with Gasteiger partial charge in [0.15, 0.2) is 0 Å². The third-order valence-corrected chi connectivity index (χ3v) is 3.05. The van der Waals surface area contributed by atoms with Crippen molar-refractivity contribution in [1.82, 2.24) is 15.0 Å². The Balaban J connectivity index is 2.08. The molecule has 0 spiro atoms. The molecule has 1 aliphatic rings. The summed E-state index contributed by atoms with van der Waals surface area (Å²) in [5, 5.41) is 3.31. The largest absolute Gasteiger partial charge is 0.464 e. The molecule has 100 valence electrons. The first-order valence-corrected chi connectivity index (χ1v) is 6.33. The number of anilines is 2. The van der Waals surface area contributed by atoms with Crippen molar-refractivity contribution in [3.8, 4) is 6.01 Å². The summed E-state index contributed by atoms with van der Waals surface area (Å²) in [5.41, 5.74) is 2.42. The molecule has 1 aromatic rings. The number of hydrogen-bond acceptors (Lipinski definition) is 7. The van der Waals surface area contributed by atoms with E-state index in [0.29, 0.717) is 24.5 Å². The standard InChI is InChI=1S/C11H20N6O/c1-3-18-11-15-9(14-10(16-11)17-12)13-8-5-4-7(2)6-8/h7-8H,3-6,12H2,1-2H3,(H2,13,14,15,16,17). The van der Waals surface area contributed by atoms with E-state index >= 15 is 0 Å². The summed E-state index contributed by atoms with van der Waals surface area (Å²) in [6.45, 7) is 4.65. The Morgan fingerprint density at radius 2 is 2.06 bits per heavy atom. The smallest absolute Gasteiger partial charge is 0.323 e. The molecule has 0 aromatic carbocycles. The first-order valence-electron chi connectivity index (χ1n) is 6.33. The number of hydrogen-bond donors (Lipinski definition) is 3. The number of nitrogen functional groups attached to an aromatic ring is 1. The molecule has 0 amide bonds. The van der Waals surface area contributed by atoms with Crippen LogP contribution in [-0.2, 0) is 0 Å². The third-order valence-electron chi connectivity index (χ3n) is 3.05. The number of aromatic nitrogens is 3. The third kappa shape index (κ3) is 3.19. The van der Waals surface area contributed by atoms with Crippen LogP contribution in [0.15, 0.2) is 0 Å². The van der Waals surface area contributed by atoms with Gasteiger partial charge >= 0.3 is 6.01 Å². The topological polar surface area (TPSA) is 98.0 Å². The van der Waals surface area contributed by atoms with Crippen molar-refractivity contribution in [2.24, 2.45) is 11.8 Å². The predicted molar refractivity (Wildman–Crippen MR) is 69.2 cm³/mol. The highest BCUT2D eigenvalue weighted by molar-refractivity contribution is 5.35. The minimum Gasteiger partial charge on any atom is -0.464 e. The SMILES string of the molecule is CCOc1nc(NN)nc(NC2CCC(C)C2)n1. The van der Waals surface area contributed by atoms with Gasteiger partial charge in [-0.1, -0.05) is 6.92 Å². The Labute approximate surface area is 107 Å². The number of nitrogens with zero attached hydrogens (tertiary/aromatic N) is 3. The molecule has 1 heterocycles.